The lowest BCUT2D eigenvalue weighted by atomic mass is 10.1. The molecule has 0 saturated carbocycles. The molecule has 1 aliphatic heterocycles. The topological polar surface area (TPSA) is 63.0 Å². The lowest BCUT2D eigenvalue weighted by Crippen LogP contribution is -2.54. The fraction of sp³-hybridized carbons (Fsp3) is 0.516. The number of carbonyl (C=O) groups excluding carboxylic acids is 1. The number of allylic oxidation sites excluding steroid dienone is 2. The van der Waals surface area contributed by atoms with E-state index in [0.717, 1.165) is 48.8 Å². The van der Waals surface area contributed by atoms with Crippen LogP contribution in [0.1, 0.15) is 64.1 Å². The molecule has 1 aliphatic rings. The van der Waals surface area contributed by atoms with Gasteiger partial charge >= 0.3 is 0 Å². The molecule has 1 fully saturated rings. The van der Waals surface area contributed by atoms with Gasteiger partial charge in [-0.1, -0.05) is 25.5 Å². The minimum Gasteiger partial charge on any atom is -0.496 e. The number of carbonyl (C=O) groups is 1. The quantitative estimate of drug-likeness (QED) is 0.336. The molecule has 1 aromatic heterocycles. The summed E-state index contributed by atoms with van der Waals surface area (Å²) in [6, 6.07) is 6.53. The Morgan fingerprint density at radius 1 is 1.26 bits per heavy atom. The second-order valence-corrected chi connectivity index (χ2v) is 9.78. The maximum atomic E-state index is 13.3. The van der Waals surface area contributed by atoms with Crippen molar-refractivity contribution in [3.63, 3.8) is 0 Å². The van der Waals surface area contributed by atoms with E-state index in [2.05, 4.69) is 68.1 Å². The molecule has 1 aromatic carbocycles. The molecule has 2 aromatic rings. The van der Waals surface area contributed by atoms with Gasteiger partial charge < -0.3 is 14.5 Å². The number of methoxy groups -OCH3 is 1. The van der Waals surface area contributed by atoms with E-state index in [1.54, 1.807) is 14.0 Å². The van der Waals surface area contributed by atoms with Crippen LogP contribution in [0.25, 0.3) is 0 Å². The fourth-order valence-corrected chi connectivity index (χ4v) is 4.73. The van der Waals surface area contributed by atoms with E-state index in [0.29, 0.717) is 13.1 Å². The molecule has 1 amide bonds. The highest BCUT2D eigenvalue weighted by molar-refractivity contribution is 5.77. The van der Waals surface area contributed by atoms with E-state index >= 15 is 0 Å². The van der Waals surface area contributed by atoms with Gasteiger partial charge in [-0.3, -0.25) is 14.5 Å². The molecule has 1 atom stereocenters. The van der Waals surface area contributed by atoms with Crippen LogP contribution in [-0.2, 0) is 30.7 Å². The second-order valence-electron chi connectivity index (χ2n) is 9.78. The van der Waals surface area contributed by atoms with Crippen molar-refractivity contribution >= 4 is 17.8 Å². The van der Waals surface area contributed by atoms with Crippen molar-refractivity contribution in [3.8, 4) is 18.1 Å². The summed E-state index contributed by atoms with van der Waals surface area (Å²) in [6.45, 7) is 17.3. The van der Waals surface area contributed by atoms with Crippen LogP contribution in [0.15, 0.2) is 34.8 Å². The molecule has 2 heterocycles. The first-order valence-corrected chi connectivity index (χ1v) is 13.5. The van der Waals surface area contributed by atoms with Crippen LogP contribution in [-0.4, -0.2) is 59.6 Å². The molecule has 0 spiro atoms. The predicted octanol–water partition coefficient (Wildman–Crippen LogP) is 5.24. The van der Waals surface area contributed by atoms with Crippen molar-refractivity contribution in [2.75, 3.05) is 31.6 Å². The van der Waals surface area contributed by atoms with Crippen molar-refractivity contribution in [1.29, 1.82) is 0 Å². The van der Waals surface area contributed by atoms with Gasteiger partial charge in [0.05, 0.1) is 19.3 Å². The van der Waals surface area contributed by atoms with Crippen LogP contribution in [0.3, 0.4) is 0 Å². The van der Waals surface area contributed by atoms with Crippen LogP contribution in [0.2, 0.25) is 0 Å². The Kier molecular flexibility index (Phi) is 12.1. The molecule has 0 bridgehead atoms. The maximum Gasteiger partial charge on any atom is 0.244 e. The van der Waals surface area contributed by atoms with Crippen LogP contribution in [0.4, 0.5) is 5.69 Å². The monoisotopic (exact) mass is 519 g/mol. The number of nitrogens with zero attached hydrogens (tertiary/aromatic N) is 5. The van der Waals surface area contributed by atoms with Gasteiger partial charge in [0.2, 0.25) is 5.91 Å². The largest absolute Gasteiger partial charge is 0.496 e. The maximum absolute atomic E-state index is 13.3. The minimum absolute atomic E-state index is 0.114. The third kappa shape index (κ3) is 7.98. The van der Waals surface area contributed by atoms with Crippen LogP contribution in [0, 0.1) is 19.3 Å². The van der Waals surface area contributed by atoms with Crippen LogP contribution in [0.5, 0.6) is 5.75 Å². The van der Waals surface area contributed by atoms with Gasteiger partial charge in [-0.2, -0.15) is 5.10 Å². The van der Waals surface area contributed by atoms with E-state index in [4.69, 9.17) is 9.84 Å². The van der Waals surface area contributed by atoms with E-state index in [-0.39, 0.29) is 18.5 Å². The van der Waals surface area contributed by atoms with Crippen molar-refractivity contribution in [3.05, 3.63) is 52.4 Å². The molecule has 1 unspecified atom stereocenters. The molecule has 0 aliphatic carbocycles. The highest BCUT2D eigenvalue weighted by Crippen LogP contribution is 2.28. The molecule has 38 heavy (non-hydrogen) atoms. The Hall–Kier alpha value is -3.53. The lowest BCUT2D eigenvalue weighted by Gasteiger charge is -2.41. The molecule has 0 N–H and O–H groups in total. The number of aromatic nitrogens is 2. The number of hydrogen-bond acceptors (Lipinski definition) is 5. The number of aryl methyl sites for hydroxylation is 1. The zero-order valence-electron chi connectivity index (χ0n) is 24.5. The van der Waals surface area contributed by atoms with Gasteiger partial charge in [-0.25, -0.2) is 0 Å². The molecule has 206 valence electrons. The average Bonchev–Trinajstić information content (AvgIpc) is 3.19. The number of rotatable bonds is 9. The highest BCUT2D eigenvalue weighted by Gasteiger charge is 2.28. The van der Waals surface area contributed by atoms with Gasteiger partial charge in [0, 0.05) is 49.3 Å². The number of benzene rings is 1. The Morgan fingerprint density at radius 3 is 2.55 bits per heavy atom. The number of anilines is 1. The molecule has 3 rings (SSSR count). The Balaban J connectivity index is 0.00000161. The van der Waals surface area contributed by atoms with E-state index < -0.39 is 0 Å². The Labute approximate surface area is 229 Å². The van der Waals surface area contributed by atoms with E-state index in [1.807, 2.05) is 35.7 Å². The summed E-state index contributed by atoms with van der Waals surface area (Å²) in [4.78, 5) is 22.1. The van der Waals surface area contributed by atoms with Crippen LogP contribution < -0.4 is 9.64 Å². The lowest BCUT2D eigenvalue weighted by molar-refractivity contribution is -0.134. The van der Waals surface area contributed by atoms with E-state index in [9.17, 15) is 4.79 Å². The fourth-order valence-electron chi connectivity index (χ4n) is 4.73. The summed E-state index contributed by atoms with van der Waals surface area (Å²) >= 11 is 0. The minimum atomic E-state index is 0.114. The molecule has 7 nitrogen and oxygen atoms in total. The molecular formula is C31H45N5O2. The summed E-state index contributed by atoms with van der Waals surface area (Å²) in [7, 11) is 1.72. The molecule has 0 radical (unpaired) electrons. The Morgan fingerprint density at radius 2 is 1.97 bits per heavy atom. The third-order valence-electron chi connectivity index (χ3n) is 6.77. The van der Waals surface area contributed by atoms with Crippen LogP contribution >= 0.6 is 0 Å². The first-order chi connectivity index (χ1) is 18.2. The van der Waals surface area contributed by atoms with Gasteiger partial charge in [-0.05, 0) is 70.7 Å². The number of ether oxygens (including phenoxy) is 1. The predicted molar refractivity (Wildman–Crippen MR) is 158 cm³/mol. The molecular weight excluding hydrogens is 474 g/mol. The van der Waals surface area contributed by atoms with Gasteiger partial charge in [-0.15, -0.1) is 12.3 Å². The number of terminal acetylenes is 1. The zero-order valence-corrected chi connectivity index (χ0v) is 24.5. The van der Waals surface area contributed by atoms with Gasteiger partial charge in [0.1, 0.15) is 12.3 Å². The number of piperazine rings is 1. The van der Waals surface area contributed by atoms with Crippen molar-refractivity contribution in [1.82, 2.24) is 14.7 Å². The second kappa shape index (κ2) is 15.0. The summed E-state index contributed by atoms with van der Waals surface area (Å²) < 4.78 is 7.44. The standard InChI is InChI=1S/C28H41N5O2.C3H4/c1-8-23-10-11-24(16-27(23)35-7)31-14-15-32(21(5)18-31)28(34)19-33-22(6)25(9-2)26(30-33)17-29-13-12-20(3)4;1-3-2/h10-13,16,21H,8-9,14-15,17-19H2,1-7H3;1H,2H3. The summed E-state index contributed by atoms with van der Waals surface area (Å²) in [5.74, 6) is 3.29. The zero-order chi connectivity index (χ0) is 28.2. The smallest absolute Gasteiger partial charge is 0.244 e. The number of hydrogen-bond donors (Lipinski definition) is 0. The first-order valence-electron chi connectivity index (χ1n) is 13.5. The summed E-state index contributed by atoms with van der Waals surface area (Å²) in [5.41, 5.74) is 6.77. The molecule has 7 heteroatoms. The first kappa shape index (κ1) is 30.7. The summed E-state index contributed by atoms with van der Waals surface area (Å²) in [5, 5.41) is 4.77. The highest BCUT2D eigenvalue weighted by atomic mass is 16.5. The number of aliphatic imine (C=N–C) groups is 1. The third-order valence-corrected chi connectivity index (χ3v) is 6.77. The Bertz CT molecular complexity index is 1170. The number of amides is 1. The molecule has 1 saturated heterocycles. The normalized spacial score (nSPS) is 15.1. The van der Waals surface area contributed by atoms with Crippen molar-refractivity contribution < 1.29 is 9.53 Å². The van der Waals surface area contributed by atoms with E-state index in [1.165, 1.54) is 16.7 Å². The SMILES string of the molecule is C#CC.CCc1ccc(N2CCN(C(=O)Cn3nc(CN=CC=C(C)C)c(CC)c3C)C(C)C2)cc1OC. The van der Waals surface area contributed by atoms with Gasteiger partial charge in [0.25, 0.3) is 0 Å². The van der Waals surface area contributed by atoms with Crippen molar-refractivity contribution in [2.24, 2.45) is 4.99 Å². The summed E-state index contributed by atoms with van der Waals surface area (Å²) in [6.07, 6.45) is 10.2. The van der Waals surface area contributed by atoms with Crippen molar-refractivity contribution in [2.45, 2.75) is 80.4 Å². The van der Waals surface area contributed by atoms with Gasteiger partial charge in [0.15, 0.2) is 0 Å². The average molecular weight is 520 g/mol.